The Morgan fingerprint density at radius 1 is 1.04 bits per heavy atom. The van der Waals surface area contributed by atoms with Gasteiger partial charge in [0, 0.05) is 18.2 Å². The van der Waals surface area contributed by atoms with E-state index in [1.54, 1.807) is 30.3 Å². The van der Waals surface area contributed by atoms with E-state index in [9.17, 15) is 9.59 Å². The Kier molecular flexibility index (Phi) is 5.35. The molecule has 2 aromatic carbocycles. The van der Waals surface area contributed by atoms with Crippen molar-refractivity contribution in [2.24, 2.45) is 0 Å². The zero-order valence-electron chi connectivity index (χ0n) is 15.7. The quantitative estimate of drug-likeness (QED) is 0.646. The summed E-state index contributed by atoms with van der Waals surface area (Å²) in [5.41, 5.74) is 1.76. The van der Waals surface area contributed by atoms with Crippen LogP contribution in [0.1, 0.15) is 43.1 Å². The van der Waals surface area contributed by atoms with Crippen LogP contribution >= 0.6 is 0 Å². The maximum atomic E-state index is 12.2. The van der Waals surface area contributed by atoms with E-state index in [0.29, 0.717) is 22.8 Å². The molecule has 1 heterocycles. The van der Waals surface area contributed by atoms with Gasteiger partial charge in [0.1, 0.15) is 5.75 Å². The van der Waals surface area contributed by atoms with Crippen molar-refractivity contribution in [3.8, 4) is 17.2 Å². The van der Waals surface area contributed by atoms with Crippen LogP contribution in [-0.4, -0.2) is 25.2 Å². The number of rotatable bonds is 5. The Labute approximate surface area is 158 Å². The molecule has 0 bridgehead atoms. The van der Waals surface area contributed by atoms with E-state index in [2.05, 4.69) is 26.1 Å². The van der Waals surface area contributed by atoms with Gasteiger partial charge in [-0.1, -0.05) is 32.9 Å². The highest BCUT2D eigenvalue weighted by Gasteiger charge is 2.16. The SMILES string of the molecule is CC(C)(C)c1ccc(C(=O)NCCC(=O)Oc2ccc3c(c2)OCO3)cc1. The van der Waals surface area contributed by atoms with Gasteiger partial charge in [0.2, 0.25) is 6.79 Å². The van der Waals surface area contributed by atoms with Crippen LogP contribution in [0.15, 0.2) is 42.5 Å². The molecule has 1 N–H and O–H groups in total. The molecule has 3 rings (SSSR count). The molecule has 1 aliphatic rings. The maximum Gasteiger partial charge on any atom is 0.312 e. The van der Waals surface area contributed by atoms with Gasteiger partial charge >= 0.3 is 5.97 Å². The maximum absolute atomic E-state index is 12.2. The standard InChI is InChI=1S/C21H23NO5/c1-21(2,3)15-6-4-14(5-7-15)20(24)22-11-10-19(23)27-16-8-9-17-18(12-16)26-13-25-17/h4-9,12H,10-11,13H2,1-3H3,(H,22,24). The van der Waals surface area contributed by atoms with E-state index in [1.165, 1.54) is 0 Å². The van der Waals surface area contributed by atoms with Gasteiger partial charge in [0.25, 0.3) is 5.91 Å². The summed E-state index contributed by atoms with van der Waals surface area (Å²) < 4.78 is 15.7. The van der Waals surface area contributed by atoms with Crippen LogP contribution in [0, 0.1) is 0 Å². The van der Waals surface area contributed by atoms with Crippen LogP contribution in [-0.2, 0) is 10.2 Å². The van der Waals surface area contributed by atoms with Crippen LogP contribution in [0.3, 0.4) is 0 Å². The molecule has 6 heteroatoms. The minimum atomic E-state index is -0.433. The summed E-state index contributed by atoms with van der Waals surface area (Å²) in [5.74, 6) is 0.906. The molecule has 0 fully saturated rings. The van der Waals surface area contributed by atoms with E-state index < -0.39 is 5.97 Å². The number of carbonyl (C=O) groups is 2. The summed E-state index contributed by atoms with van der Waals surface area (Å²) in [6.45, 7) is 6.72. The average molecular weight is 369 g/mol. The number of hydrogen-bond donors (Lipinski definition) is 1. The second-order valence-electron chi connectivity index (χ2n) is 7.32. The Balaban J connectivity index is 1.46. The molecule has 0 unspecified atom stereocenters. The predicted octanol–water partition coefficient (Wildman–Crippen LogP) is 3.44. The molecule has 6 nitrogen and oxygen atoms in total. The molecular weight excluding hydrogens is 346 g/mol. The molecule has 0 spiro atoms. The van der Waals surface area contributed by atoms with Crippen molar-refractivity contribution in [1.29, 1.82) is 0 Å². The van der Waals surface area contributed by atoms with Crippen LogP contribution in [0.25, 0.3) is 0 Å². The van der Waals surface area contributed by atoms with Crippen LogP contribution in [0.5, 0.6) is 17.2 Å². The third kappa shape index (κ3) is 4.78. The molecule has 0 saturated heterocycles. The van der Waals surface area contributed by atoms with E-state index >= 15 is 0 Å². The summed E-state index contributed by atoms with van der Waals surface area (Å²) >= 11 is 0. The summed E-state index contributed by atoms with van der Waals surface area (Å²) in [6.07, 6.45) is 0.0697. The lowest BCUT2D eigenvalue weighted by Crippen LogP contribution is -2.27. The minimum Gasteiger partial charge on any atom is -0.454 e. The minimum absolute atomic E-state index is 0.0352. The summed E-state index contributed by atoms with van der Waals surface area (Å²) in [6, 6.07) is 12.4. The molecule has 0 radical (unpaired) electrons. The van der Waals surface area contributed by atoms with Crippen molar-refractivity contribution in [2.75, 3.05) is 13.3 Å². The first-order chi connectivity index (χ1) is 12.8. The highest BCUT2D eigenvalue weighted by atomic mass is 16.7. The summed E-state index contributed by atoms with van der Waals surface area (Å²) in [4.78, 5) is 24.1. The van der Waals surface area contributed by atoms with Gasteiger partial charge in [0.15, 0.2) is 11.5 Å². The number of ether oxygens (including phenoxy) is 3. The van der Waals surface area contributed by atoms with Crippen molar-refractivity contribution in [3.05, 3.63) is 53.6 Å². The fourth-order valence-electron chi connectivity index (χ4n) is 2.62. The lowest BCUT2D eigenvalue weighted by atomic mass is 9.87. The first-order valence-corrected chi connectivity index (χ1v) is 8.82. The topological polar surface area (TPSA) is 73.9 Å². The zero-order valence-corrected chi connectivity index (χ0v) is 15.7. The van der Waals surface area contributed by atoms with Crippen LogP contribution < -0.4 is 19.5 Å². The van der Waals surface area contributed by atoms with Crippen LogP contribution in [0.4, 0.5) is 0 Å². The van der Waals surface area contributed by atoms with Gasteiger partial charge in [-0.25, -0.2) is 0 Å². The summed E-state index contributed by atoms with van der Waals surface area (Å²) in [7, 11) is 0. The van der Waals surface area contributed by atoms with E-state index in [1.807, 2.05) is 12.1 Å². The van der Waals surface area contributed by atoms with Gasteiger partial charge in [-0.05, 0) is 35.2 Å². The van der Waals surface area contributed by atoms with E-state index in [0.717, 1.165) is 5.56 Å². The number of carbonyl (C=O) groups excluding carboxylic acids is 2. The Hall–Kier alpha value is -3.02. The predicted molar refractivity (Wildman–Crippen MR) is 100 cm³/mol. The molecule has 2 aromatic rings. The first kappa shape index (κ1) is 18.8. The Bertz CT molecular complexity index is 837. The van der Waals surface area contributed by atoms with E-state index in [-0.39, 0.29) is 31.1 Å². The van der Waals surface area contributed by atoms with Crippen molar-refractivity contribution < 1.29 is 23.8 Å². The fraction of sp³-hybridized carbons (Fsp3) is 0.333. The molecule has 0 aromatic heterocycles. The third-order valence-electron chi connectivity index (χ3n) is 4.20. The van der Waals surface area contributed by atoms with Crippen molar-refractivity contribution in [1.82, 2.24) is 5.32 Å². The number of benzene rings is 2. The number of hydrogen-bond acceptors (Lipinski definition) is 5. The zero-order chi connectivity index (χ0) is 19.4. The molecule has 1 aliphatic heterocycles. The Morgan fingerprint density at radius 3 is 2.44 bits per heavy atom. The highest BCUT2D eigenvalue weighted by molar-refractivity contribution is 5.94. The number of nitrogens with one attached hydrogen (secondary N) is 1. The molecule has 0 saturated carbocycles. The number of esters is 1. The van der Waals surface area contributed by atoms with Crippen molar-refractivity contribution in [2.45, 2.75) is 32.6 Å². The monoisotopic (exact) mass is 369 g/mol. The van der Waals surface area contributed by atoms with Gasteiger partial charge in [0.05, 0.1) is 6.42 Å². The largest absolute Gasteiger partial charge is 0.454 e. The lowest BCUT2D eigenvalue weighted by Gasteiger charge is -2.19. The number of amides is 1. The van der Waals surface area contributed by atoms with E-state index in [4.69, 9.17) is 14.2 Å². The molecule has 1 amide bonds. The van der Waals surface area contributed by atoms with Crippen molar-refractivity contribution >= 4 is 11.9 Å². The molecule has 0 aliphatic carbocycles. The first-order valence-electron chi connectivity index (χ1n) is 8.82. The highest BCUT2D eigenvalue weighted by Crippen LogP contribution is 2.35. The van der Waals surface area contributed by atoms with Gasteiger partial charge in [-0.3, -0.25) is 9.59 Å². The second kappa shape index (κ2) is 7.70. The third-order valence-corrected chi connectivity index (χ3v) is 4.20. The normalized spacial score (nSPS) is 12.6. The summed E-state index contributed by atoms with van der Waals surface area (Å²) in [5, 5.41) is 2.73. The smallest absolute Gasteiger partial charge is 0.312 e. The molecule has 27 heavy (non-hydrogen) atoms. The fourth-order valence-corrected chi connectivity index (χ4v) is 2.62. The van der Waals surface area contributed by atoms with Gasteiger partial charge in [-0.2, -0.15) is 0 Å². The lowest BCUT2D eigenvalue weighted by molar-refractivity contribution is -0.134. The molecule has 142 valence electrons. The second-order valence-corrected chi connectivity index (χ2v) is 7.32. The number of fused-ring (bicyclic) bond motifs is 1. The average Bonchev–Trinajstić information content (AvgIpc) is 3.08. The van der Waals surface area contributed by atoms with Crippen LogP contribution in [0.2, 0.25) is 0 Å². The Morgan fingerprint density at radius 2 is 1.74 bits per heavy atom. The van der Waals surface area contributed by atoms with Gasteiger partial charge < -0.3 is 19.5 Å². The van der Waals surface area contributed by atoms with Crippen molar-refractivity contribution in [3.63, 3.8) is 0 Å². The molecular formula is C21H23NO5. The van der Waals surface area contributed by atoms with Gasteiger partial charge in [-0.15, -0.1) is 0 Å². The molecule has 0 atom stereocenters.